The van der Waals surface area contributed by atoms with Crippen molar-refractivity contribution in [3.05, 3.63) is 57.1 Å². The lowest BCUT2D eigenvalue weighted by Gasteiger charge is -2.17. The quantitative estimate of drug-likeness (QED) is 0.720. The van der Waals surface area contributed by atoms with Crippen LogP contribution in [0, 0.1) is 0 Å². The first-order valence-corrected chi connectivity index (χ1v) is 7.98. The summed E-state index contributed by atoms with van der Waals surface area (Å²) in [4.78, 5) is 4.34. The Morgan fingerprint density at radius 3 is 2.58 bits per heavy atom. The molecule has 0 saturated carbocycles. The molecule has 1 N–H and O–H groups in total. The maximum atomic E-state index is 6.04. The minimum Gasteiger partial charge on any atom is -0.365 e. The Kier molecular flexibility index (Phi) is 5.67. The summed E-state index contributed by atoms with van der Waals surface area (Å²) in [5, 5.41) is 3.36. The average molecular weight is 405 g/mol. The van der Waals surface area contributed by atoms with Crippen molar-refractivity contribution in [1.29, 1.82) is 0 Å². The van der Waals surface area contributed by atoms with E-state index in [9.17, 15) is 0 Å². The summed E-state index contributed by atoms with van der Waals surface area (Å²) >= 11 is 12.9. The van der Waals surface area contributed by atoms with Gasteiger partial charge in [0.25, 0.3) is 0 Å². The molecule has 0 spiro atoms. The van der Waals surface area contributed by atoms with Crippen molar-refractivity contribution in [3.63, 3.8) is 0 Å². The summed E-state index contributed by atoms with van der Waals surface area (Å²) in [6, 6.07) is 12.4. The third-order valence-electron chi connectivity index (χ3n) is 2.66. The third-order valence-corrected chi connectivity index (χ3v) is 4.07. The van der Waals surface area contributed by atoms with Gasteiger partial charge in [0, 0.05) is 22.6 Å². The van der Waals surface area contributed by atoms with Crippen molar-refractivity contribution >= 4 is 49.3 Å². The summed E-state index contributed by atoms with van der Waals surface area (Å²) < 4.78 is 1.86. The number of hydrogen-bond acceptors (Lipinski definition) is 2. The van der Waals surface area contributed by atoms with Crippen LogP contribution in [-0.2, 0) is 6.42 Å². The third kappa shape index (κ3) is 4.48. The zero-order valence-corrected chi connectivity index (χ0v) is 14.0. The van der Waals surface area contributed by atoms with Crippen LogP contribution >= 0.6 is 43.5 Å². The van der Waals surface area contributed by atoms with Gasteiger partial charge in [0.05, 0.1) is 4.47 Å². The summed E-state index contributed by atoms with van der Waals surface area (Å²) in [5.41, 5.74) is 1.26. The highest BCUT2D eigenvalue weighted by Gasteiger charge is 2.11. The van der Waals surface area contributed by atoms with E-state index in [0.29, 0.717) is 5.88 Å². The van der Waals surface area contributed by atoms with Crippen molar-refractivity contribution in [3.8, 4) is 0 Å². The van der Waals surface area contributed by atoms with Crippen LogP contribution in [0.25, 0.3) is 0 Å². The van der Waals surface area contributed by atoms with Gasteiger partial charge in [-0.1, -0.05) is 30.3 Å². The van der Waals surface area contributed by atoms with E-state index in [0.717, 1.165) is 21.2 Å². The standard InChI is InChI=1S/C14H13Br2ClN2/c15-11-7-13(16)14(18-9-11)19-12(8-17)6-10-4-2-1-3-5-10/h1-5,7,9,12H,6,8H2,(H,18,19). The smallest absolute Gasteiger partial charge is 0.140 e. The van der Waals surface area contributed by atoms with E-state index >= 15 is 0 Å². The fourth-order valence-electron chi connectivity index (χ4n) is 1.76. The molecule has 0 bridgehead atoms. The lowest BCUT2D eigenvalue weighted by molar-refractivity contribution is 0.790. The molecule has 1 heterocycles. The van der Waals surface area contributed by atoms with Crippen LogP contribution in [-0.4, -0.2) is 16.9 Å². The van der Waals surface area contributed by atoms with Gasteiger partial charge in [-0.25, -0.2) is 4.98 Å². The molecular formula is C14H13Br2ClN2. The van der Waals surface area contributed by atoms with Gasteiger partial charge in [-0.05, 0) is 49.9 Å². The Balaban J connectivity index is 2.06. The zero-order valence-electron chi connectivity index (χ0n) is 10.1. The number of pyridine rings is 1. The molecule has 2 aromatic rings. The van der Waals surface area contributed by atoms with E-state index in [1.165, 1.54) is 5.56 Å². The van der Waals surface area contributed by atoms with E-state index in [1.807, 2.05) is 24.3 Å². The lowest BCUT2D eigenvalue weighted by atomic mass is 10.1. The number of alkyl halides is 1. The highest BCUT2D eigenvalue weighted by Crippen LogP contribution is 2.24. The summed E-state index contributed by atoms with van der Waals surface area (Å²) in [5.74, 6) is 1.34. The van der Waals surface area contributed by atoms with Crippen molar-refractivity contribution in [1.82, 2.24) is 4.98 Å². The number of hydrogen-bond donors (Lipinski definition) is 1. The number of halogens is 3. The average Bonchev–Trinajstić information content (AvgIpc) is 2.42. The Hall–Kier alpha value is -0.580. The van der Waals surface area contributed by atoms with Crippen molar-refractivity contribution in [2.75, 3.05) is 11.2 Å². The van der Waals surface area contributed by atoms with Crippen molar-refractivity contribution in [2.45, 2.75) is 12.5 Å². The number of nitrogens with zero attached hydrogens (tertiary/aromatic N) is 1. The molecule has 0 radical (unpaired) electrons. The van der Waals surface area contributed by atoms with Crippen LogP contribution in [0.3, 0.4) is 0 Å². The van der Waals surface area contributed by atoms with Gasteiger partial charge >= 0.3 is 0 Å². The molecular weight excluding hydrogens is 391 g/mol. The molecule has 0 saturated heterocycles. The van der Waals surface area contributed by atoms with Gasteiger partial charge in [-0.2, -0.15) is 0 Å². The normalized spacial score (nSPS) is 12.2. The number of rotatable bonds is 5. The second-order valence-electron chi connectivity index (χ2n) is 4.17. The topological polar surface area (TPSA) is 24.9 Å². The molecule has 1 aromatic carbocycles. The molecule has 1 atom stereocenters. The molecule has 2 nitrogen and oxygen atoms in total. The summed E-state index contributed by atoms with van der Waals surface area (Å²) in [7, 11) is 0. The second-order valence-corrected chi connectivity index (χ2v) is 6.25. The van der Waals surface area contributed by atoms with Crippen molar-refractivity contribution < 1.29 is 0 Å². The SMILES string of the molecule is ClCC(Cc1ccccc1)Nc1ncc(Br)cc1Br. The van der Waals surface area contributed by atoms with Crippen LogP contribution in [0.15, 0.2) is 51.5 Å². The minimum atomic E-state index is 0.147. The Morgan fingerprint density at radius 1 is 1.21 bits per heavy atom. The fraction of sp³-hybridized carbons (Fsp3) is 0.214. The van der Waals surface area contributed by atoms with Crippen LogP contribution in [0.4, 0.5) is 5.82 Å². The summed E-state index contributed by atoms with van der Waals surface area (Å²) in [6.45, 7) is 0. The largest absolute Gasteiger partial charge is 0.365 e. The highest BCUT2D eigenvalue weighted by atomic mass is 79.9. The molecule has 1 aromatic heterocycles. The van der Waals surface area contributed by atoms with E-state index < -0.39 is 0 Å². The van der Waals surface area contributed by atoms with Gasteiger partial charge in [-0.15, -0.1) is 11.6 Å². The molecule has 19 heavy (non-hydrogen) atoms. The Bertz CT molecular complexity index is 534. The predicted octanol–water partition coefficient (Wildman–Crippen LogP) is 4.87. The van der Waals surface area contributed by atoms with Gasteiger partial charge in [-0.3, -0.25) is 0 Å². The molecule has 0 aliphatic rings. The van der Waals surface area contributed by atoms with Crippen LogP contribution in [0.2, 0.25) is 0 Å². The van der Waals surface area contributed by atoms with E-state index in [-0.39, 0.29) is 6.04 Å². The molecule has 0 amide bonds. The number of aromatic nitrogens is 1. The molecule has 2 rings (SSSR count). The molecule has 5 heteroatoms. The zero-order chi connectivity index (χ0) is 13.7. The van der Waals surface area contributed by atoms with Crippen molar-refractivity contribution in [2.24, 2.45) is 0 Å². The molecule has 1 unspecified atom stereocenters. The number of anilines is 1. The number of benzene rings is 1. The summed E-state index contributed by atoms with van der Waals surface area (Å²) in [6.07, 6.45) is 2.63. The van der Waals surface area contributed by atoms with Gasteiger partial charge in [0.15, 0.2) is 0 Å². The van der Waals surface area contributed by atoms with Gasteiger partial charge in [0.2, 0.25) is 0 Å². The second kappa shape index (κ2) is 7.27. The molecule has 0 aliphatic carbocycles. The van der Waals surface area contributed by atoms with E-state index in [2.05, 4.69) is 54.3 Å². The van der Waals surface area contributed by atoms with E-state index in [4.69, 9.17) is 11.6 Å². The van der Waals surface area contributed by atoms with E-state index in [1.54, 1.807) is 6.20 Å². The Morgan fingerprint density at radius 2 is 1.95 bits per heavy atom. The molecule has 100 valence electrons. The maximum absolute atomic E-state index is 6.04. The first-order valence-electron chi connectivity index (χ1n) is 5.86. The maximum Gasteiger partial charge on any atom is 0.140 e. The van der Waals surface area contributed by atoms with Crippen LogP contribution < -0.4 is 5.32 Å². The lowest BCUT2D eigenvalue weighted by Crippen LogP contribution is -2.24. The Labute approximate surface area is 134 Å². The molecule has 0 aliphatic heterocycles. The van der Waals surface area contributed by atoms with Gasteiger partial charge < -0.3 is 5.32 Å². The highest BCUT2D eigenvalue weighted by molar-refractivity contribution is 9.11. The first-order chi connectivity index (χ1) is 9.19. The molecule has 0 fully saturated rings. The fourth-order valence-corrected chi connectivity index (χ4v) is 3.05. The van der Waals surface area contributed by atoms with Crippen LogP contribution in [0.1, 0.15) is 5.56 Å². The minimum absolute atomic E-state index is 0.147. The predicted molar refractivity (Wildman–Crippen MR) is 87.9 cm³/mol. The first kappa shape index (κ1) is 14.8. The monoisotopic (exact) mass is 402 g/mol. The van der Waals surface area contributed by atoms with Gasteiger partial charge in [0.1, 0.15) is 5.82 Å². The number of nitrogens with one attached hydrogen (secondary N) is 1. The van der Waals surface area contributed by atoms with Crippen LogP contribution in [0.5, 0.6) is 0 Å².